The number of hydrogen-bond acceptors (Lipinski definition) is 5. The van der Waals surface area contributed by atoms with Crippen LogP contribution in [0.1, 0.15) is 54.7 Å². The van der Waals surface area contributed by atoms with Gasteiger partial charge in [0.2, 0.25) is 0 Å². The molecule has 1 heterocycles. The summed E-state index contributed by atoms with van der Waals surface area (Å²) in [6, 6.07) is 11.2. The average molecular weight is 429 g/mol. The van der Waals surface area contributed by atoms with Crippen molar-refractivity contribution in [2.75, 3.05) is 19.0 Å². The number of ether oxygens (including phenoxy) is 3. The first-order chi connectivity index (χ1) is 14.2. The number of benzene rings is 2. The number of rotatable bonds is 5. The van der Waals surface area contributed by atoms with Gasteiger partial charge in [0.25, 0.3) is 0 Å². The molecule has 1 atom stereocenters. The summed E-state index contributed by atoms with van der Waals surface area (Å²) < 4.78 is 16.5. The molecule has 1 aliphatic rings. The molecule has 0 fully saturated rings. The SMILES string of the molecule is CCOC(=O)c1ccc(NC(=S)N[C@@H]2CC(C)(C)Oc3cc(OC)ccc32)c(C)c1. The molecule has 1 aliphatic heterocycles. The van der Waals surface area contributed by atoms with Gasteiger partial charge in [-0.1, -0.05) is 0 Å². The van der Waals surface area contributed by atoms with Crippen molar-refractivity contribution < 1.29 is 19.0 Å². The maximum atomic E-state index is 11.9. The van der Waals surface area contributed by atoms with E-state index in [1.165, 1.54) is 0 Å². The minimum absolute atomic E-state index is 0.00577. The molecule has 2 N–H and O–H groups in total. The van der Waals surface area contributed by atoms with Crippen LogP contribution in [0.5, 0.6) is 11.5 Å². The van der Waals surface area contributed by atoms with E-state index in [0.29, 0.717) is 17.3 Å². The van der Waals surface area contributed by atoms with Crippen molar-refractivity contribution in [2.45, 2.75) is 45.8 Å². The van der Waals surface area contributed by atoms with Crippen LogP contribution in [0.4, 0.5) is 5.69 Å². The largest absolute Gasteiger partial charge is 0.497 e. The summed E-state index contributed by atoms with van der Waals surface area (Å²) in [5.74, 6) is 1.22. The number of aryl methyl sites for hydroxylation is 1. The van der Waals surface area contributed by atoms with Crippen LogP contribution in [-0.2, 0) is 4.74 Å². The fourth-order valence-electron chi connectivity index (χ4n) is 3.55. The number of carbonyl (C=O) groups is 1. The number of thiocarbonyl (C=S) groups is 1. The summed E-state index contributed by atoms with van der Waals surface area (Å²) in [5.41, 5.74) is 2.95. The quantitative estimate of drug-likeness (QED) is 0.525. The molecule has 2 aromatic carbocycles. The van der Waals surface area contributed by atoms with Gasteiger partial charge in [0.15, 0.2) is 5.11 Å². The van der Waals surface area contributed by atoms with Gasteiger partial charge in [-0.2, -0.15) is 0 Å². The first kappa shape index (κ1) is 21.9. The zero-order valence-corrected chi connectivity index (χ0v) is 18.8. The maximum Gasteiger partial charge on any atom is 0.338 e. The Morgan fingerprint density at radius 1 is 1.27 bits per heavy atom. The molecule has 0 aliphatic carbocycles. The summed E-state index contributed by atoms with van der Waals surface area (Å²) in [6.45, 7) is 8.17. The van der Waals surface area contributed by atoms with Crippen LogP contribution in [-0.4, -0.2) is 30.4 Å². The van der Waals surface area contributed by atoms with Gasteiger partial charge in [0, 0.05) is 23.7 Å². The van der Waals surface area contributed by atoms with Crippen LogP contribution < -0.4 is 20.1 Å². The van der Waals surface area contributed by atoms with Gasteiger partial charge in [-0.3, -0.25) is 0 Å². The first-order valence-corrected chi connectivity index (χ1v) is 10.4. The molecule has 0 saturated carbocycles. The molecule has 0 aromatic heterocycles. The highest BCUT2D eigenvalue weighted by atomic mass is 32.1. The minimum atomic E-state index is -0.343. The average Bonchev–Trinajstić information content (AvgIpc) is 2.68. The molecule has 0 saturated heterocycles. The molecule has 6 nitrogen and oxygen atoms in total. The van der Waals surface area contributed by atoms with Crippen molar-refractivity contribution in [3.8, 4) is 11.5 Å². The molecule has 3 rings (SSSR count). The van der Waals surface area contributed by atoms with E-state index in [0.717, 1.165) is 34.7 Å². The second-order valence-electron chi connectivity index (χ2n) is 7.87. The van der Waals surface area contributed by atoms with E-state index in [-0.39, 0.29) is 17.6 Å². The summed E-state index contributed by atoms with van der Waals surface area (Å²) in [4.78, 5) is 11.9. The molecule has 0 bridgehead atoms. The van der Waals surface area contributed by atoms with Crippen molar-refractivity contribution in [2.24, 2.45) is 0 Å². The lowest BCUT2D eigenvalue weighted by molar-refractivity contribution is 0.0526. The third-order valence-corrected chi connectivity index (χ3v) is 5.19. The van der Waals surface area contributed by atoms with Crippen LogP contribution in [0.2, 0.25) is 0 Å². The van der Waals surface area contributed by atoms with Gasteiger partial charge >= 0.3 is 5.97 Å². The van der Waals surface area contributed by atoms with E-state index >= 15 is 0 Å². The molecule has 30 heavy (non-hydrogen) atoms. The highest BCUT2D eigenvalue weighted by Gasteiger charge is 2.34. The fraction of sp³-hybridized carbons (Fsp3) is 0.391. The number of hydrogen-bond donors (Lipinski definition) is 2. The van der Waals surface area contributed by atoms with Gasteiger partial charge in [0.05, 0.1) is 25.3 Å². The normalized spacial score (nSPS) is 16.6. The number of fused-ring (bicyclic) bond motifs is 1. The molecule has 0 radical (unpaired) electrons. The van der Waals surface area contributed by atoms with Crippen LogP contribution in [0.15, 0.2) is 36.4 Å². The Balaban J connectivity index is 1.74. The van der Waals surface area contributed by atoms with Gasteiger partial charge in [-0.05, 0) is 75.8 Å². The Morgan fingerprint density at radius 2 is 2.03 bits per heavy atom. The molecule has 7 heteroatoms. The van der Waals surface area contributed by atoms with Crippen molar-refractivity contribution in [1.29, 1.82) is 0 Å². The number of nitrogens with one attached hydrogen (secondary N) is 2. The molecule has 0 unspecified atom stereocenters. The molecular formula is C23H28N2O4S. The zero-order chi connectivity index (χ0) is 21.9. The van der Waals surface area contributed by atoms with Crippen LogP contribution in [0.3, 0.4) is 0 Å². The highest BCUT2D eigenvalue weighted by Crippen LogP contribution is 2.41. The lowest BCUT2D eigenvalue weighted by Crippen LogP contribution is -2.42. The summed E-state index contributed by atoms with van der Waals surface area (Å²) in [7, 11) is 1.64. The topological polar surface area (TPSA) is 68.8 Å². The van der Waals surface area contributed by atoms with Crippen molar-refractivity contribution in [3.05, 3.63) is 53.1 Å². The summed E-state index contributed by atoms with van der Waals surface area (Å²) in [6.07, 6.45) is 0.759. The summed E-state index contributed by atoms with van der Waals surface area (Å²) >= 11 is 5.58. The number of carbonyl (C=O) groups excluding carboxylic acids is 1. The van der Waals surface area contributed by atoms with Crippen molar-refractivity contribution in [1.82, 2.24) is 5.32 Å². The number of methoxy groups -OCH3 is 1. The standard InChI is InChI=1S/C23H28N2O4S/c1-6-28-21(26)15-7-10-18(14(2)11-15)24-22(30)25-19-13-23(3,4)29-20-12-16(27-5)8-9-17(19)20/h7-12,19H,6,13H2,1-5H3,(H2,24,25,30)/t19-/m1/s1. The van der Waals surface area contributed by atoms with Crippen molar-refractivity contribution in [3.63, 3.8) is 0 Å². The molecular weight excluding hydrogens is 400 g/mol. The molecule has 0 amide bonds. The molecule has 0 spiro atoms. The van der Waals surface area contributed by atoms with Gasteiger partial charge in [0.1, 0.15) is 17.1 Å². The smallest absolute Gasteiger partial charge is 0.338 e. The molecule has 160 valence electrons. The number of anilines is 1. The third kappa shape index (κ3) is 5.02. The van der Waals surface area contributed by atoms with E-state index in [4.69, 9.17) is 26.4 Å². The monoisotopic (exact) mass is 428 g/mol. The van der Waals surface area contributed by atoms with E-state index < -0.39 is 0 Å². The summed E-state index contributed by atoms with van der Waals surface area (Å²) in [5, 5.41) is 7.15. The minimum Gasteiger partial charge on any atom is -0.497 e. The van der Waals surface area contributed by atoms with E-state index in [2.05, 4.69) is 24.5 Å². The Morgan fingerprint density at radius 3 is 2.70 bits per heavy atom. The van der Waals surface area contributed by atoms with Gasteiger partial charge < -0.3 is 24.8 Å². The Bertz CT molecular complexity index is 958. The van der Waals surface area contributed by atoms with Gasteiger partial charge in [-0.25, -0.2) is 4.79 Å². The van der Waals surface area contributed by atoms with E-state index in [9.17, 15) is 4.79 Å². The van der Waals surface area contributed by atoms with E-state index in [1.807, 2.05) is 31.2 Å². The number of esters is 1. The Kier molecular flexibility index (Phi) is 6.51. The fourth-order valence-corrected chi connectivity index (χ4v) is 3.80. The van der Waals surface area contributed by atoms with Crippen LogP contribution in [0, 0.1) is 6.92 Å². The lowest BCUT2D eigenvalue weighted by atomic mass is 9.89. The second kappa shape index (κ2) is 8.92. The lowest BCUT2D eigenvalue weighted by Gasteiger charge is -2.38. The molecule has 2 aromatic rings. The van der Waals surface area contributed by atoms with Crippen LogP contribution >= 0.6 is 12.2 Å². The van der Waals surface area contributed by atoms with Gasteiger partial charge in [-0.15, -0.1) is 0 Å². The zero-order valence-electron chi connectivity index (χ0n) is 18.0. The van der Waals surface area contributed by atoms with Crippen LogP contribution in [0.25, 0.3) is 0 Å². The maximum absolute atomic E-state index is 11.9. The predicted octanol–water partition coefficient (Wildman–Crippen LogP) is 4.77. The predicted molar refractivity (Wildman–Crippen MR) is 122 cm³/mol. The first-order valence-electron chi connectivity index (χ1n) is 9.94. The van der Waals surface area contributed by atoms with E-state index in [1.54, 1.807) is 26.2 Å². The van der Waals surface area contributed by atoms with Crippen molar-refractivity contribution >= 4 is 29.0 Å². The Hall–Kier alpha value is -2.80. The highest BCUT2D eigenvalue weighted by molar-refractivity contribution is 7.80. The second-order valence-corrected chi connectivity index (χ2v) is 8.28. The Labute approximate surface area is 182 Å². The third-order valence-electron chi connectivity index (χ3n) is 4.97.